The van der Waals surface area contributed by atoms with Crippen molar-refractivity contribution in [3.63, 3.8) is 0 Å². The van der Waals surface area contributed by atoms with Crippen molar-refractivity contribution < 1.29 is 17.5 Å². The lowest BCUT2D eigenvalue weighted by molar-refractivity contribution is 0.290. The molecule has 0 amide bonds. The van der Waals surface area contributed by atoms with Crippen molar-refractivity contribution in [1.29, 1.82) is 0 Å². The van der Waals surface area contributed by atoms with E-state index in [4.69, 9.17) is 29.0 Å². The maximum atomic E-state index is 8.74. The summed E-state index contributed by atoms with van der Waals surface area (Å²) in [4.78, 5) is 6.45. The van der Waals surface area contributed by atoms with Gasteiger partial charge in [0, 0.05) is 6.54 Å². The summed E-state index contributed by atoms with van der Waals surface area (Å²) >= 11 is 0. The summed E-state index contributed by atoms with van der Waals surface area (Å²) in [6.45, 7) is 6.45. The van der Waals surface area contributed by atoms with Crippen LogP contribution >= 0.6 is 0 Å². The van der Waals surface area contributed by atoms with E-state index in [1.54, 1.807) is 0 Å². The molecule has 0 aromatic rings. The highest BCUT2D eigenvalue weighted by Gasteiger charge is 2.12. The van der Waals surface area contributed by atoms with Gasteiger partial charge in [0.15, 0.2) is 5.96 Å². The zero-order valence-electron chi connectivity index (χ0n) is 11.2. The molecule has 0 aromatic heterocycles. The van der Waals surface area contributed by atoms with Gasteiger partial charge in [-0.15, -0.1) is 0 Å². The molecule has 1 fully saturated rings. The first kappa shape index (κ1) is 18.1. The van der Waals surface area contributed by atoms with Gasteiger partial charge in [-0.05, 0) is 38.3 Å². The number of nitrogens with two attached hydrogens (primary N) is 2. The van der Waals surface area contributed by atoms with Gasteiger partial charge in [-0.2, -0.15) is 8.42 Å². The Kier molecular flexibility index (Phi) is 8.65. The number of guanidine groups is 1. The van der Waals surface area contributed by atoms with Crippen molar-refractivity contribution in [2.24, 2.45) is 22.4 Å². The molecule has 0 spiro atoms. The topological polar surface area (TPSA) is 142 Å². The Bertz CT molecular complexity index is 360. The van der Waals surface area contributed by atoms with Gasteiger partial charge in [0.2, 0.25) is 0 Å². The fraction of sp³-hybridized carbons (Fsp3) is 0.900. The van der Waals surface area contributed by atoms with Gasteiger partial charge in [0.05, 0.1) is 6.54 Å². The molecule has 0 radical (unpaired) electrons. The first-order valence-corrected chi connectivity index (χ1v) is 7.56. The fourth-order valence-electron chi connectivity index (χ4n) is 1.87. The van der Waals surface area contributed by atoms with Gasteiger partial charge in [-0.1, -0.05) is 6.92 Å². The molecule has 1 heterocycles. The van der Waals surface area contributed by atoms with Crippen molar-refractivity contribution in [2.75, 3.05) is 26.2 Å². The molecule has 1 unspecified atom stereocenters. The monoisotopic (exact) mass is 296 g/mol. The molecule has 9 heteroatoms. The zero-order chi connectivity index (χ0) is 14.9. The smallest absolute Gasteiger partial charge is 0.370 e. The maximum Gasteiger partial charge on any atom is 0.394 e. The number of hydrogen-bond acceptors (Lipinski definition) is 4. The van der Waals surface area contributed by atoms with E-state index in [1.165, 1.54) is 32.4 Å². The molecule has 8 nitrogen and oxygen atoms in total. The quantitative estimate of drug-likeness (QED) is 0.319. The molecule has 0 bridgehead atoms. The molecule has 1 aliphatic heterocycles. The van der Waals surface area contributed by atoms with E-state index in [-0.39, 0.29) is 5.96 Å². The molecule has 1 aliphatic rings. The SMILES string of the molecule is CC1CCCN(CCN=C(N)N)CC1.O=S(=O)(O)O. The van der Waals surface area contributed by atoms with Crippen molar-refractivity contribution in [1.82, 2.24) is 4.90 Å². The van der Waals surface area contributed by atoms with Crippen LogP contribution in [0.3, 0.4) is 0 Å². The molecular formula is C10H24N4O4S. The predicted octanol–water partition coefficient (Wildman–Crippen LogP) is -0.271. The summed E-state index contributed by atoms with van der Waals surface area (Å²) in [6, 6.07) is 0. The standard InChI is InChI=1S/C10H22N4.H2O4S/c1-9-3-2-6-14(7-4-9)8-5-13-10(11)12;1-5(2,3)4/h9H,2-8H2,1H3,(H4,11,12,13);(H2,1,2,3,4). The molecule has 6 N–H and O–H groups in total. The second-order valence-electron chi connectivity index (χ2n) is 4.63. The normalized spacial score (nSPS) is 20.9. The minimum absolute atomic E-state index is 0.202. The second-order valence-corrected chi connectivity index (χ2v) is 5.53. The van der Waals surface area contributed by atoms with Crippen molar-refractivity contribution >= 4 is 16.4 Å². The van der Waals surface area contributed by atoms with Gasteiger partial charge in [-0.3, -0.25) is 14.1 Å². The number of nitrogens with zero attached hydrogens (tertiary/aromatic N) is 2. The second kappa shape index (κ2) is 9.08. The molecule has 114 valence electrons. The van der Waals surface area contributed by atoms with Gasteiger partial charge in [-0.25, -0.2) is 0 Å². The largest absolute Gasteiger partial charge is 0.394 e. The Morgan fingerprint density at radius 1 is 1.32 bits per heavy atom. The number of likely N-dealkylation sites (tertiary alicyclic amines) is 1. The van der Waals surface area contributed by atoms with Gasteiger partial charge >= 0.3 is 10.4 Å². The third-order valence-electron chi connectivity index (χ3n) is 2.82. The molecule has 1 rings (SSSR count). The van der Waals surface area contributed by atoms with Crippen LogP contribution < -0.4 is 11.5 Å². The highest BCUT2D eigenvalue weighted by molar-refractivity contribution is 7.79. The Balaban J connectivity index is 0.000000555. The highest BCUT2D eigenvalue weighted by Crippen LogP contribution is 2.15. The number of rotatable bonds is 3. The molecule has 0 saturated carbocycles. The first-order valence-electron chi connectivity index (χ1n) is 6.16. The lowest BCUT2D eigenvalue weighted by atomic mass is 10.0. The first-order chi connectivity index (χ1) is 8.68. The van der Waals surface area contributed by atoms with Crippen LogP contribution in [0, 0.1) is 5.92 Å². The summed E-state index contributed by atoms with van der Waals surface area (Å²) in [7, 11) is -4.67. The van der Waals surface area contributed by atoms with E-state index in [1.807, 2.05) is 0 Å². The lowest BCUT2D eigenvalue weighted by Gasteiger charge is -2.18. The van der Waals surface area contributed by atoms with Gasteiger partial charge in [0.1, 0.15) is 0 Å². The number of aliphatic imine (C=N–C) groups is 1. The van der Waals surface area contributed by atoms with Crippen LogP contribution in [0.15, 0.2) is 4.99 Å². The molecular weight excluding hydrogens is 272 g/mol. The van der Waals surface area contributed by atoms with Crippen LogP contribution in [-0.2, 0) is 10.4 Å². The van der Waals surface area contributed by atoms with E-state index >= 15 is 0 Å². The van der Waals surface area contributed by atoms with E-state index in [0.29, 0.717) is 0 Å². The Morgan fingerprint density at radius 3 is 2.42 bits per heavy atom. The molecule has 1 saturated heterocycles. The zero-order valence-corrected chi connectivity index (χ0v) is 12.0. The number of hydrogen-bond donors (Lipinski definition) is 4. The van der Waals surface area contributed by atoms with Crippen LogP contribution in [-0.4, -0.2) is 54.6 Å². The average Bonchev–Trinajstić information content (AvgIpc) is 2.41. The van der Waals surface area contributed by atoms with E-state index in [0.717, 1.165) is 19.0 Å². The molecule has 0 aliphatic carbocycles. The minimum Gasteiger partial charge on any atom is -0.370 e. The Labute approximate surface area is 114 Å². The minimum atomic E-state index is -4.67. The summed E-state index contributed by atoms with van der Waals surface area (Å²) in [6.07, 6.45) is 3.98. The van der Waals surface area contributed by atoms with Crippen LogP contribution in [0.1, 0.15) is 26.2 Å². The van der Waals surface area contributed by atoms with Crippen LogP contribution in [0.25, 0.3) is 0 Å². The predicted molar refractivity (Wildman–Crippen MR) is 74.3 cm³/mol. The molecule has 19 heavy (non-hydrogen) atoms. The fourth-order valence-corrected chi connectivity index (χ4v) is 1.87. The summed E-state index contributed by atoms with van der Waals surface area (Å²) in [5.41, 5.74) is 10.5. The maximum absolute atomic E-state index is 8.74. The highest BCUT2D eigenvalue weighted by atomic mass is 32.3. The summed E-state index contributed by atoms with van der Waals surface area (Å²) < 4.78 is 31.6. The van der Waals surface area contributed by atoms with Crippen LogP contribution in [0.4, 0.5) is 0 Å². The van der Waals surface area contributed by atoms with Crippen LogP contribution in [0.5, 0.6) is 0 Å². The van der Waals surface area contributed by atoms with E-state index < -0.39 is 10.4 Å². The Morgan fingerprint density at radius 2 is 1.89 bits per heavy atom. The average molecular weight is 296 g/mol. The van der Waals surface area contributed by atoms with Gasteiger partial charge < -0.3 is 16.4 Å². The third kappa shape index (κ3) is 15.0. The van der Waals surface area contributed by atoms with E-state index in [2.05, 4.69) is 16.8 Å². The van der Waals surface area contributed by atoms with Crippen molar-refractivity contribution in [3.8, 4) is 0 Å². The molecule has 0 aromatic carbocycles. The summed E-state index contributed by atoms with van der Waals surface area (Å²) in [5.74, 6) is 1.08. The lowest BCUT2D eigenvalue weighted by Crippen LogP contribution is -2.29. The van der Waals surface area contributed by atoms with Crippen LogP contribution in [0.2, 0.25) is 0 Å². The van der Waals surface area contributed by atoms with E-state index in [9.17, 15) is 0 Å². The van der Waals surface area contributed by atoms with Crippen molar-refractivity contribution in [2.45, 2.75) is 26.2 Å². The van der Waals surface area contributed by atoms with Crippen molar-refractivity contribution in [3.05, 3.63) is 0 Å². The third-order valence-corrected chi connectivity index (χ3v) is 2.82. The molecule has 1 atom stereocenters. The van der Waals surface area contributed by atoms with Gasteiger partial charge in [0.25, 0.3) is 0 Å². The Hall–Kier alpha value is -0.900. The summed E-state index contributed by atoms with van der Waals surface area (Å²) in [5, 5.41) is 0.